The highest BCUT2D eigenvalue weighted by Gasteiger charge is 2.16. The minimum atomic E-state index is -0.103. The van der Waals surface area contributed by atoms with Gasteiger partial charge in [-0.2, -0.15) is 0 Å². The summed E-state index contributed by atoms with van der Waals surface area (Å²) in [5, 5.41) is 15.9. The van der Waals surface area contributed by atoms with E-state index in [2.05, 4.69) is 30.4 Å². The van der Waals surface area contributed by atoms with Crippen LogP contribution in [-0.2, 0) is 6.42 Å². The van der Waals surface area contributed by atoms with E-state index in [9.17, 15) is 9.90 Å². The van der Waals surface area contributed by atoms with Crippen LogP contribution in [0.2, 0.25) is 0 Å². The van der Waals surface area contributed by atoms with Gasteiger partial charge in [-0.25, -0.2) is 0 Å². The molecule has 0 atom stereocenters. The number of aromatic hydroxyl groups is 1. The first-order valence-corrected chi connectivity index (χ1v) is 15.3. The average Bonchev–Trinajstić information content (AvgIpc) is 3.00. The molecule has 41 heavy (non-hydrogen) atoms. The molecule has 216 valence electrons. The first-order chi connectivity index (χ1) is 20.1. The zero-order valence-electron chi connectivity index (χ0n) is 24.7. The summed E-state index contributed by atoms with van der Waals surface area (Å²) in [6, 6.07) is 19.9. The molecule has 0 bridgehead atoms. The van der Waals surface area contributed by atoms with Crippen molar-refractivity contribution < 1.29 is 14.6 Å². The lowest BCUT2D eigenvalue weighted by molar-refractivity contribution is 0.0953. The number of allylic oxidation sites excluding steroid dienone is 2. The maximum absolute atomic E-state index is 13.2. The van der Waals surface area contributed by atoms with Gasteiger partial charge in [-0.1, -0.05) is 93.7 Å². The van der Waals surface area contributed by atoms with E-state index in [1.165, 1.54) is 37.7 Å². The van der Waals surface area contributed by atoms with Crippen LogP contribution >= 0.6 is 0 Å². The average molecular weight is 552 g/mol. The van der Waals surface area contributed by atoms with E-state index >= 15 is 0 Å². The van der Waals surface area contributed by atoms with Gasteiger partial charge in [0.15, 0.2) is 0 Å². The van der Waals surface area contributed by atoms with Crippen LogP contribution in [0.5, 0.6) is 11.5 Å². The highest BCUT2D eigenvalue weighted by molar-refractivity contribution is 5.96. The second kappa shape index (κ2) is 15.9. The zero-order chi connectivity index (χ0) is 28.9. The molecule has 4 rings (SSSR count). The Morgan fingerprint density at radius 1 is 1.05 bits per heavy atom. The molecular formula is C37H45NO3. The Morgan fingerprint density at radius 3 is 2.61 bits per heavy atom. The lowest BCUT2D eigenvalue weighted by atomic mass is 9.87. The van der Waals surface area contributed by atoms with E-state index in [0.29, 0.717) is 18.7 Å². The third-order valence-corrected chi connectivity index (χ3v) is 7.90. The number of nitrogens with one attached hydrogen (secondary N) is 1. The predicted octanol–water partition coefficient (Wildman–Crippen LogP) is 7.32. The first kappa shape index (κ1) is 30.2. The van der Waals surface area contributed by atoms with Crippen molar-refractivity contribution in [2.75, 3.05) is 13.2 Å². The molecule has 1 aliphatic carbocycles. The van der Waals surface area contributed by atoms with Gasteiger partial charge in [0.1, 0.15) is 11.5 Å². The number of carbonyl (C=O) groups excluding carboxylic acids is 1. The third kappa shape index (κ3) is 8.85. The molecule has 0 radical (unpaired) electrons. The van der Waals surface area contributed by atoms with Crippen LogP contribution in [0.15, 0.2) is 72.8 Å². The Bertz CT molecular complexity index is 1420. The number of hydrogen-bond acceptors (Lipinski definition) is 3. The molecule has 0 aromatic heterocycles. The smallest absolute Gasteiger partial charge is 0.251 e. The molecule has 1 saturated carbocycles. The summed E-state index contributed by atoms with van der Waals surface area (Å²) in [5.74, 6) is 1.59. The maximum atomic E-state index is 13.2. The van der Waals surface area contributed by atoms with E-state index < -0.39 is 0 Å². The van der Waals surface area contributed by atoms with Gasteiger partial charge < -0.3 is 15.2 Å². The van der Waals surface area contributed by atoms with Crippen molar-refractivity contribution in [2.24, 2.45) is 5.92 Å². The molecule has 0 saturated heterocycles. The Hall–Kier alpha value is -3.79. The molecule has 3 aromatic carbocycles. The molecule has 1 amide bonds. The van der Waals surface area contributed by atoms with Crippen molar-refractivity contribution in [1.82, 2.24) is 5.32 Å². The van der Waals surface area contributed by atoms with Gasteiger partial charge in [0.2, 0.25) is 0 Å². The molecule has 4 heteroatoms. The van der Waals surface area contributed by atoms with Crippen molar-refractivity contribution in [1.29, 1.82) is 0 Å². The molecular weight excluding hydrogens is 506 g/mol. The minimum Gasteiger partial charge on any atom is -0.507 e. The highest BCUT2D eigenvalue weighted by Crippen LogP contribution is 2.33. The summed E-state index contributed by atoms with van der Waals surface area (Å²) in [5.41, 5.74) is 3.51. The fraction of sp³-hybridized carbons (Fsp3) is 0.378. The second-order valence-electron chi connectivity index (χ2n) is 11.0. The Morgan fingerprint density at radius 2 is 1.85 bits per heavy atom. The van der Waals surface area contributed by atoms with Crippen LogP contribution < -0.4 is 20.5 Å². The van der Waals surface area contributed by atoms with Crippen molar-refractivity contribution in [3.63, 3.8) is 0 Å². The SMILES string of the molecule is C\C=C/C=c1/cc(-c2cc(C(=O)NCCCc3ccccc3)ccc2OCCC2CCCCC2)cc(O)/c1=C\CC. The van der Waals surface area contributed by atoms with Gasteiger partial charge >= 0.3 is 0 Å². The van der Waals surface area contributed by atoms with Crippen LogP contribution in [0.4, 0.5) is 0 Å². The topological polar surface area (TPSA) is 58.6 Å². The number of phenolic OH excluding ortho intramolecular Hbond substituents is 1. The fourth-order valence-electron chi connectivity index (χ4n) is 5.65. The summed E-state index contributed by atoms with van der Waals surface area (Å²) >= 11 is 0. The van der Waals surface area contributed by atoms with Gasteiger partial charge in [-0.3, -0.25) is 4.79 Å². The quantitative estimate of drug-likeness (QED) is 0.232. The van der Waals surface area contributed by atoms with E-state index in [-0.39, 0.29) is 11.7 Å². The van der Waals surface area contributed by atoms with Crippen LogP contribution in [-0.4, -0.2) is 24.2 Å². The Kier molecular flexibility index (Phi) is 11.7. The number of rotatable bonds is 12. The molecule has 0 heterocycles. The molecule has 1 fully saturated rings. The van der Waals surface area contributed by atoms with Gasteiger partial charge in [0.25, 0.3) is 5.91 Å². The van der Waals surface area contributed by atoms with Crippen molar-refractivity contribution in [2.45, 2.75) is 71.6 Å². The predicted molar refractivity (Wildman–Crippen MR) is 171 cm³/mol. The van der Waals surface area contributed by atoms with Gasteiger partial charge in [-0.15, -0.1) is 0 Å². The lowest BCUT2D eigenvalue weighted by Gasteiger charge is -2.22. The van der Waals surface area contributed by atoms with Crippen LogP contribution in [0, 0.1) is 5.92 Å². The molecule has 0 unspecified atom stereocenters. The van der Waals surface area contributed by atoms with E-state index in [1.54, 1.807) is 6.07 Å². The second-order valence-corrected chi connectivity index (χ2v) is 11.0. The molecule has 0 spiro atoms. The standard InChI is InChI=1S/C37H45NO3/c1-3-5-19-30-25-32(27-35(39)33(30)13-4-2)34-26-31(37(40)38-23-12-18-28-14-8-6-9-15-28)20-21-36(34)41-24-22-29-16-10-7-11-17-29/h3,5-6,8-9,13-15,19-21,25-27,29,39H,4,7,10-12,16-18,22-24H2,1-2H3,(H,38,40)/b5-3-,30-19-,33-13-. The normalized spacial score (nSPS) is 15.0. The lowest BCUT2D eigenvalue weighted by Crippen LogP contribution is -2.25. The van der Waals surface area contributed by atoms with Gasteiger partial charge in [-0.05, 0) is 85.2 Å². The minimum absolute atomic E-state index is 0.103. The Labute approximate surface area is 245 Å². The third-order valence-electron chi connectivity index (χ3n) is 7.90. The molecule has 3 aromatic rings. The largest absolute Gasteiger partial charge is 0.507 e. The monoisotopic (exact) mass is 551 g/mol. The molecule has 4 nitrogen and oxygen atoms in total. The number of aryl methyl sites for hydroxylation is 1. The molecule has 2 N–H and O–H groups in total. The highest BCUT2D eigenvalue weighted by atomic mass is 16.5. The number of amides is 1. The van der Waals surface area contributed by atoms with Crippen molar-refractivity contribution in [3.8, 4) is 22.6 Å². The zero-order valence-corrected chi connectivity index (χ0v) is 24.7. The van der Waals surface area contributed by atoms with E-state index in [0.717, 1.165) is 58.9 Å². The number of hydrogen-bond donors (Lipinski definition) is 2. The number of benzene rings is 3. The van der Waals surface area contributed by atoms with Gasteiger partial charge in [0, 0.05) is 22.9 Å². The first-order valence-electron chi connectivity index (χ1n) is 15.3. The summed E-state index contributed by atoms with van der Waals surface area (Å²) in [6.07, 6.45) is 18.2. The summed E-state index contributed by atoms with van der Waals surface area (Å²) in [7, 11) is 0. The van der Waals surface area contributed by atoms with Crippen LogP contribution in [0.25, 0.3) is 23.3 Å². The number of carbonyl (C=O) groups is 1. The Balaban J connectivity index is 1.59. The van der Waals surface area contributed by atoms with Crippen molar-refractivity contribution >= 4 is 18.1 Å². The van der Waals surface area contributed by atoms with Crippen LogP contribution in [0.3, 0.4) is 0 Å². The molecule has 1 aliphatic rings. The molecule has 0 aliphatic heterocycles. The van der Waals surface area contributed by atoms with Crippen molar-refractivity contribution in [3.05, 3.63) is 94.4 Å². The maximum Gasteiger partial charge on any atom is 0.251 e. The summed E-state index contributed by atoms with van der Waals surface area (Å²) in [6.45, 7) is 5.29. The van der Waals surface area contributed by atoms with Crippen LogP contribution in [0.1, 0.15) is 81.1 Å². The summed E-state index contributed by atoms with van der Waals surface area (Å²) < 4.78 is 6.37. The number of phenols is 1. The van der Waals surface area contributed by atoms with E-state index in [1.807, 2.05) is 67.6 Å². The fourth-order valence-corrected chi connectivity index (χ4v) is 5.65. The van der Waals surface area contributed by atoms with Gasteiger partial charge in [0.05, 0.1) is 6.61 Å². The summed E-state index contributed by atoms with van der Waals surface area (Å²) in [4.78, 5) is 13.2. The van der Waals surface area contributed by atoms with E-state index in [4.69, 9.17) is 4.74 Å². The number of ether oxygens (including phenoxy) is 1.